The van der Waals surface area contributed by atoms with E-state index in [2.05, 4.69) is 25.6 Å². The maximum absolute atomic E-state index is 12.1. The van der Waals surface area contributed by atoms with E-state index in [4.69, 9.17) is 16.3 Å². The topological polar surface area (TPSA) is 89.0 Å². The third-order valence-corrected chi connectivity index (χ3v) is 3.81. The highest BCUT2D eigenvalue weighted by atomic mass is 35.5. The van der Waals surface area contributed by atoms with E-state index in [9.17, 15) is 4.79 Å². The van der Waals surface area contributed by atoms with Crippen molar-refractivity contribution in [1.82, 2.24) is 20.3 Å². The molecule has 132 valence electrons. The minimum atomic E-state index is -0.298. The summed E-state index contributed by atoms with van der Waals surface area (Å²) in [4.78, 5) is 24.4. The number of nitrogens with zero attached hydrogens (tertiary/aromatic N) is 3. The van der Waals surface area contributed by atoms with Gasteiger partial charge in [-0.3, -0.25) is 9.78 Å². The summed E-state index contributed by atoms with van der Waals surface area (Å²) in [6.45, 7) is 0.396. The highest BCUT2D eigenvalue weighted by Gasteiger charge is 2.08. The number of methoxy groups -OCH3 is 1. The number of rotatable bonds is 6. The predicted octanol–water partition coefficient (Wildman–Crippen LogP) is 3.21. The Hall–Kier alpha value is -3.19. The van der Waals surface area contributed by atoms with E-state index < -0.39 is 0 Å². The van der Waals surface area contributed by atoms with Gasteiger partial charge in [0.1, 0.15) is 17.3 Å². The van der Waals surface area contributed by atoms with E-state index in [-0.39, 0.29) is 11.6 Å². The summed E-state index contributed by atoms with van der Waals surface area (Å²) < 4.78 is 5.11. The molecule has 7 nitrogen and oxygen atoms in total. The van der Waals surface area contributed by atoms with E-state index in [0.29, 0.717) is 23.1 Å². The second-order valence-corrected chi connectivity index (χ2v) is 5.71. The molecule has 1 amide bonds. The van der Waals surface area contributed by atoms with Gasteiger partial charge in [-0.05, 0) is 35.9 Å². The normalized spacial score (nSPS) is 10.2. The molecule has 3 rings (SSSR count). The number of carbonyl (C=O) groups excluding carboxylic acids is 1. The molecule has 0 unspecified atom stereocenters. The molecule has 0 radical (unpaired) electrons. The number of benzene rings is 1. The molecule has 0 fully saturated rings. The zero-order valence-electron chi connectivity index (χ0n) is 13.9. The summed E-state index contributed by atoms with van der Waals surface area (Å²) in [5.41, 5.74) is 1.92. The predicted molar refractivity (Wildman–Crippen MR) is 98.7 cm³/mol. The highest BCUT2D eigenvalue weighted by molar-refractivity contribution is 6.32. The molecule has 8 heteroatoms. The van der Waals surface area contributed by atoms with Gasteiger partial charge in [0.25, 0.3) is 5.91 Å². The van der Waals surface area contributed by atoms with Crippen LogP contribution in [0.15, 0.2) is 55.1 Å². The van der Waals surface area contributed by atoms with Crippen LogP contribution in [0, 0.1) is 0 Å². The Morgan fingerprint density at radius 1 is 1.15 bits per heavy atom. The standard InChI is InChI=1S/C18H16ClN5O2/c1-26-16-3-2-13(8-14(16)19)24-17-11-21-15(10-22-17)18(25)23-9-12-4-6-20-7-5-12/h2-8,10-11H,9H2,1H3,(H,22,24)(H,23,25). The van der Waals surface area contributed by atoms with Crippen molar-refractivity contribution in [1.29, 1.82) is 0 Å². The number of pyridine rings is 1. The number of ether oxygens (including phenoxy) is 1. The fourth-order valence-electron chi connectivity index (χ4n) is 2.18. The fraction of sp³-hybridized carbons (Fsp3) is 0.111. The van der Waals surface area contributed by atoms with Crippen molar-refractivity contribution in [3.05, 3.63) is 71.4 Å². The van der Waals surface area contributed by atoms with Gasteiger partial charge in [0.05, 0.1) is 24.5 Å². The molecule has 2 aromatic heterocycles. The number of anilines is 2. The summed E-state index contributed by atoms with van der Waals surface area (Å²) in [7, 11) is 1.55. The van der Waals surface area contributed by atoms with Gasteiger partial charge in [-0.1, -0.05) is 11.6 Å². The van der Waals surface area contributed by atoms with Crippen LogP contribution >= 0.6 is 11.6 Å². The SMILES string of the molecule is COc1ccc(Nc2cnc(C(=O)NCc3ccncc3)cn2)cc1Cl. The van der Waals surface area contributed by atoms with Crippen LogP contribution in [0.4, 0.5) is 11.5 Å². The van der Waals surface area contributed by atoms with Gasteiger partial charge < -0.3 is 15.4 Å². The average molecular weight is 370 g/mol. The number of nitrogens with one attached hydrogen (secondary N) is 2. The van der Waals surface area contributed by atoms with Crippen LogP contribution in [-0.4, -0.2) is 28.0 Å². The molecular formula is C18H16ClN5O2. The van der Waals surface area contributed by atoms with Crippen LogP contribution < -0.4 is 15.4 Å². The Morgan fingerprint density at radius 2 is 1.96 bits per heavy atom. The van der Waals surface area contributed by atoms with Crippen molar-refractivity contribution in [2.45, 2.75) is 6.54 Å². The molecule has 0 bridgehead atoms. The number of hydrogen-bond acceptors (Lipinski definition) is 6. The molecule has 0 aliphatic carbocycles. The Balaban J connectivity index is 1.61. The Morgan fingerprint density at radius 3 is 2.62 bits per heavy atom. The van der Waals surface area contributed by atoms with Crippen molar-refractivity contribution in [3.63, 3.8) is 0 Å². The molecule has 26 heavy (non-hydrogen) atoms. The first-order chi connectivity index (χ1) is 12.7. The van der Waals surface area contributed by atoms with Crippen LogP contribution in [0.1, 0.15) is 16.1 Å². The lowest BCUT2D eigenvalue weighted by atomic mass is 10.2. The van der Waals surface area contributed by atoms with Gasteiger partial charge >= 0.3 is 0 Å². The van der Waals surface area contributed by atoms with E-state index in [0.717, 1.165) is 11.3 Å². The van der Waals surface area contributed by atoms with Crippen LogP contribution in [0.2, 0.25) is 5.02 Å². The molecule has 0 atom stereocenters. The number of halogens is 1. The van der Waals surface area contributed by atoms with Crippen LogP contribution in [-0.2, 0) is 6.54 Å². The van der Waals surface area contributed by atoms with E-state index in [1.54, 1.807) is 31.6 Å². The minimum absolute atomic E-state index is 0.234. The second kappa shape index (κ2) is 8.26. The first-order valence-electron chi connectivity index (χ1n) is 7.75. The van der Waals surface area contributed by atoms with E-state index in [1.807, 2.05) is 18.2 Å². The van der Waals surface area contributed by atoms with Gasteiger partial charge in [-0.25, -0.2) is 9.97 Å². The molecular weight excluding hydrogens is 354 g/mol. The summed E-state index contributed by atoms with van der Waals surface area (Å²) >= 11 is 6.09. The maximum Gasteiger partial charge on any atom is 0.271 e. The summed E-state index contributed by atoms with van der Waals surface area (Å²) in [5.74, 6) is 0.787. The Bertz CT molecular complexity index is 888. The minimum Gasteiger partial charge on any atom is -0.495 e. The molecule has 2 N–H and O–H groups in total. The zero-order valence-corrected chi connectivity index (χ0v) is 14.7. The number of carbonyl (C=O) groups is 1. The van der Waals surface area contributed by atoms with Crippen molar-refractivity contribution >= 4 is 29.0 Å². The third kappa shape index (κ3) is 4.46. The summed E-state index contributed by atoms with van der Waals surface area (Å²) in [6.07, 6.45) is 6.25. The quantitative estimate of drug-likeness (QED) is 0.693. The molecule has 0 aliphatic heterocycles. The summed E-state index contributed by atoms with van der Waals surface area (Å²) in [6, 6.07) is 8.94. The lowest BCUT2D eigenvalue weighted by Gasteiger charge is -2.09. The first kappa shape index (κ1) is 17.6. The van der Waals surface area contributed by atoms with Crippen LogP contribution in [0.3, 0.4) is 0 Å². The van der Waals surface area contributed by atoms with E-state index in [1.165, 1.54) is 12.4 Å². The van der Waals surface area contributed by atoms with E-state index >= 15 is 0 Å². The second-order valence-electron chi connectivity index (χ2n) is 5.30. The monoisotopic (exact) mass is 369 g/mol. The molecule has 2 heterocycles. The first-order valence-corrected chi connectivity index (χ1v) is 8.13. The van der Waals surface area contributed by atoms with Gasteiger partial charge in [-0.2, -0.15) is 0 Å². The van der Waals surface area contributed by atoms with Crippen molar-refractivity contribution in [2.75, 3.05) is 12.4 Å². The van der Waals surface area contributed by atoms with Gasteiger partial charge in [0.2, 0.25) is 0 Å². The zero-order chi connectivity index (χ0) is 18.4. The molecule has 0 aliphatic rings. The molecule has 0 spiro atoms. The fourth-order valence-corrected chi connectivity index (χ4v) is 2.43. The number of hydrogen-bond donors (Lipinski definition) is 2. The van der Waals surface area contributed by atoms with Crippen LogP contribution in [0.5, 0.6) is 5.75 Å². The lowest BCUT2D eigenvalue weighted by Crippen LogP contribution is -2.24. The van der Waals surface area contributed by atoms with Crippen molar-refractivity contribution in [3.8, 4) is 5.75 Å². The maximum atomic E-state index is 12.1. The number of aromatic nitrogens is 3. The highest BCUT2D eigenvalue weighted by Crippen LogP contribution is 2.28. The molecule has 0 saturated heterocycles. The summed E-state index contributed by atoms with van der Waals surface area (Å²) in [5, 5.41) is 6.34. The van der Waals surface area contributed by atoms with Gasteiger partial charge in [-0.15, -0.1) is 0 Å². The molecule has 0 saturated carbocycles. The Kier molecular flexibility index (Phi) is 5.60. The van der Waals surface area contributed by atoms with Crippen molar-refractivity contribution < 1.29 is 9.53 Å². The van der Waals surface area contributed by atoms with Crippen molar-refractivity contribution in [2.24, 2.45) is 0 Å². The lowest BCUT2D eigenvalue weighted by molar-refractivity contribution is 0.0945. The van der Waals surface area contributed by atoms with Gasteiger partial charge in [0, 0.05) is 24.6 Å². The molecule has 1 aromatic carbocycles. The molecule has 3 aromatic rings. The van der Waals surface area contributed by atoms with Crippen LogP contribution in [0.25, 0.3) is 0 Å². The average Bonchev–Trinajstić information content (AvgIpc) is 2.68. The number of amides is 1. The smallest absolute Gasteiger partial charge is 0.271 e. The largest absolute Gasteiger partial charge is 0.495 e. The Labute approximate surface area is 155 Å². The van der Waals surface area contributed by atoms with Gasteiger partial charge in [0.15, 0.2) is 0 Å². The third-order valence-electron chi connectivity index (χ3n) is 3.51.